The Morgan fingerprint density at radius 1 is 0.816 bits per heavy atom. The SMILES string of the molecule is CC(C)(C)OC(=O)N[C@@H]1CCCN(S(=O)(=O)c2cccc3cncc(F)c23)C1.N[C@@H]1CCCN(S(=O)(=O)c2cccc3cncc(F)c23)C1. The number of rotatable bonds is 5. The van der Waals surface area contributed by atoms with Gasteiger partial charge >= 0.3 is 6.09 Å². The zero-order chi connectivity index (χ0) is 35.6. The number of nitrogens with zero attached hydrogens (tertiary/aromatic N) is 4. The van der Waals surface area contributed by atoms with Gasteiger partial charge in [0.25, 0.3) is 0 Å². The third kappa shape index (κ3) is 8.32. The fraction of sp³-hybridized carbons (Fsp3) is 0.424. The molecule has 2 fully saturated rings. The number of aromatic nitrogens is 2. The van der Waals surface area contributed by atoms with Crippen LogP contribution in [0.5, 0.6) is 0 Å². The van der Waals surface area contributed by atoms with E-state index in [2.05, 4.69) is 15.3 Å². The predicted molar refractivity (Wildman–Crippen MR) is 181 cm³/mol. The average molecular weight is 719 g/mol. The second kappa shape index (κ2) is 14.6. The Morgan fingerprint density at radius 2 is 1.31 bits per heavy atom. The quantitative estimate of drug-likeness (QED) is 0.302. The van der Waals surface area contributed by atoms with E-state index in [1.807, 2.05) is 0 Å². The Balaban J connectivity index is 0.000000199. The standard InChI is InChI=1S/C19H24FN3O4S.C14H16FN3O2S/c1-19(2,3)27-18(24)22-14-7-5-9-23(12-14)28(25,26)16-8-4-6-13-10-21-11-15(20)17(13)16;15-12-8-17-7-10-3-1-5-13(14(10)12)21(19,20)18-6-2-4-11(16)9-18/h4,6,8,10-11,14H,5,7,9,12H2,1-3H3,(H,22,24);1,3,5,7-8,11H,2,4,6,9,16H2/t14-;11-/m11/s1. The second-order valence-electron chi connectivity index (χ2n) is 13.1. The third-order valence-corrected chi connectivity index (χ3v) is 12.0. The minimum absolute atomic E-state index is 0.0194. The first kappa shape index (κ1) is 36.5. The van der Waals surface area contributed by atoms with Crippen LogP contribution in [0, 0.1) is 11.6 Å². The molecule has 3 N–H and O–H groups in total. The minimum Gasteiger partial charge on any atom is -0.444 e. The van der Waals surface area contributed by atoms with Crippen LogP contribution in [0.4, 0.5) is 13.6 Å². The van der Waals surface area contributed by atoms with Crippen molar-refractivity contribution in [3.63, 3.8) is 0 Å². The highest BCUT2D eigenvalue weighted by molar-refractivity contribution is 7.89. The zero-order valence-corrected chi connectivity index (χ0v) is 29.1. The van der Waals surface area contributed by atoms with Gasteiger partial charge in [0, 0.05) is 72.2 Å². The molecule has 0 saturated carbocycles. The summed E-state index contributed by atoms with van der Waals surface area (Å²) < 4.78 is 88.2. The molecule has 12 nitrogen and oxygen atoms in total. The molecule has 4 aromatic rings. The molecule has 2 aromatic carbocycles. The Labute approximate surface area is 284 Å². The fourth-order valence-corrected chi connectivity index (χ4v) is 9.48. The van der Waals surface area contributed by atoms with Gasteiger partial charge in [0.15, 0.2) is 11.6 Å². The number of hydrogen-bond acceptors (Lipinski definition) is 9. The van der Waals surface area contributed by atoms with Crippen molar-refractivity contribution in [2.24, 2.45) is 5.73 Å². The number of amides is 1. The molecule has 49 heavy (non-hydrogen) atoms. The average Bonchev–Trinajstić information content (AvgIpc) is 3.04. The number of carbonyl (C=O) groups is 1. The topological polar surface area (TPSA) is 165 Å². The van der Waals surface area contributed by atoms with Gasteiger partial charge < -0.3 is 15.8 Å². The summed E-state index contributed by atoms with van der Waals surface area (Å²) in [5, 5.41) is 3.73. The third-order valence-electron chi connectivity index (χ3n) is 8.16. The normalized spacial score (nSPS) is 19.6. The molecule has 0 spiro atoms. The number of nitrogens with two attached hydrogens (primary N) is 1. The van der Waals surface area contributed by atoms with Crippen LogP contribution < -0.4 is 11.1 Å². The molecule has 0 aliphatic carbocycles. The highest BCUT2D eigenvalue weighted by Gasteiger charge is 2.34. The number of benzene rings is 2. The van der Waals surface area contributed by atoms with Gasteiger partial charge in [-0.2, -0.15) is 8.61 Å². The maximum atomic E-state index is 14.3. The number of fused-ring (bicyclic) bond motifs is 2. The summed E-state index contributed by atoms with van der Waals surface area (Å²) in [6, 6.07) is 8.71. The van der Waals surface area contributed by atoms with E-state index in [1.54, 1.807) is 45.0 Å². The number of pyridine rings is 2. The van der Waals surface area contributed by atoms with Crippen LogP contribution >= 0.6 is 0 Å². The lowest BCUT2D eigenvalue weighted by atomic mass is 10.1. The number of hydrogen-bond donors (Lipinski definition) is 2. The fourth-order valence-electron chi connectivity index (χ4n) is 5.97. The molecule has 2 aliphatic heterocycles. The summed E-state index contributed by atoms with van der Waals surface area (Å²) in [6.07, 6.45) is 7.08. The van der Waals surface area contributed by atoms with Crippen LogP contribution in [0.2, 0.25) is 0 Å². The highest BCUT2D eigenvalue weighted by Crippen LogP contribution is 2.30. The molecule has 264 valence electrons. The minimum atomic E-state index is -3.94. The van der Waals surface area contributed by atoms with Gasteiger partial charge in [0.2, 0.25) is 20.0 Å². The number of halogens is 2. The highest BCUT2D eigenvalue weighted by atomic mass is 32.2. The molecule has 0 radical (unpaired) electrons. The molecule has 1 amide bonds. The molecular weight excluding hydrogens is 679 g/mol. The summed E-state index contributed by atoms with van der Waals surface area (Å²) in [7, 11) is -7.70. The van der Waals surface area contributed by atoms with E-state index in [1.165, 1.54) is 33.1 Å². The molecule has 2 saturated heterocycles. The second-order valence-corrected chi connectivity index (χ2v) is 16.9. The van der Waals surface area contributed by atoms with E-state index in [9.17, 15) is 30.4 Å². The molecule has 2 aliphatic rings. The van der Waals surface area contributed by atoms with Crippen molar-refractivity contribution < 1.29 is 35.1 Å². The van der Waals surface area contributed by atoms with Crippen LogP contribution in [0.1, 0.15) is 46.5 Å². The Bertz CT molecular complexity index is 2050. The van der Waals surface area contributed by atoms with Crippen LogP contribution in [0.15, 0.2) is 71.0 Å². The van der Waals surface area contributed by atoms with Gasteiger partial charge in [-0.3, -0.25) is 9.97 Å². The first-order valence-electron chi connectivity index (χ1n) is 15.9. The Morgan fingerprint density at radius 3 is 1.80 bits per heavy atom. The van der Waals surface area contributed by atoms with Gasteiger partial charge in [-0.15, -0.1) is 0 Å². The molecule has 16 heteroatoms. The van der Waals surface area contributed by atoms with E-state index in [0.717, 1.165) is 25.2 Å². The maximum Gasteiger partial charge on any atom is 0.407 e. The molecule has 6 rings (SSSR count). The van der Waals surface area contributed by atoms with E-state index in [4.69, 9.17) is 10.5 Å². The lowest BCUT2D eigenvalue weighted by molar-refractivity contribution is 0.0487. The first-order valence-corrected chi connectivity index (χ1v) is 18.8. The van der Waals surface area contributed by atoms with Crippen molar-refractivity contribution in [2.45, 2.75) is 73.9 Å². The molecule has 0 unspecified atom stereocenters. The van der Waals surface area contributed by atoms with E-state index >= 15 is 0 Å². The van der Waals surface area contributed by atoms with Crippen LogP contribution in [-0.4, -0.2) is 85.4 Å². The molecule has 4 heterocycles. The molecule has 0 bridgehead atoms. The van der Waals surface area contributed by atoms with E-state index in [0.29, 0.717) is 36.7 Å². The molecule has 2 atom stereocenters. The lowest BCUT2D eigenvalue weighted by Gasteiger charge is -2.33. The predicted octanol–water partition coefficient (Wildman–Crippen LogP) is 4.54. The van der Waals surface area contributed by atoms with Gasteiger partial charge in [0.05, 0.1) is 22.2 Å². The molecule has 2 aromatic heterocycles. The lowest BCUT2D eigenvalue weighted by Crippen LogP contribution is -2.50. The smallest absolute Gasteiger partial charge is 0.407 e. The molecular formula is C33H40F2N6O6S2. The van der Waals surface area contributed by atoms with Crippen molar-refractivity contribution in [2.75, 3.05) is 26.2 Å². The largest absolute Gasteiger partial charge is 0.444 e. The van der Waals surface area contributed by atoms with Crippen molar-refractivity contribution in [1.82, 2.24) is 23.9 Å². The van der Waals surface area contributed by atoms with Gasteiger partial charge in [-0.1, -0.05) is 24.3 Å². The van der Waals surface area contributed by atoms with Crippen LogP contribution in [0.25, 0.3) is 21.5 Å². The summed E-state index contributed by atoms with van der Waals surface area (Å²) in [5.74, 6) is -1.31. The number of ether oxygens (including phenoxy) is 1. The van der Waals surface area contributed by atoms with Crippen LogP contribution in [-0.2, 0) is 24.8 Å². The van der Waals surface area contributed by atoms with Crippen molar-refractivity contribution in [1.29, 1.82) is 0 Å². The number of alkyl carbamates (subject to hydrolysis) is 1. The van der Waals surface area contributed by atoms with Crippen LogP contribution in [0.3, 0.4) is 0 Å². The number of carbonyl (C=O) groups excluding carboxylic acids is 1. The first-order chi connectivity index (χ1) is 23.1. The monoisotopic (exact) mass is 718 g/mol. The van der Waals surface area contributed by atoms with Gasteiger partial charge in [0.1, 0.15) is 5.60 Å². The Hall–Kier alpha value is -3.83. The van der Waals surface area contributed by atoms with E-state index in [-0.39, 0.29) is 45.7 Å². The van der Waals surface area contributed by atoms with Crippen molar-refractivity contribution in [3.05, 3.63) is 72.8 Å². The van der Waals surface area contributed by atoms with Crippen molar-refractivity contribution in [3.8, 4) is 0 Å². The number of nitrogens with one attached hydrogen (secondary N) is 1. The van der Waals surface area contributed by atoms with E-state index < -0.39 is 43.4 Å². The van der Waals surface area contributed by atoms with Gasteiger partial charge in [-0.05, 0) is 58.6 Å². The van der Waals surface area contributed by atoms with Gasteiger partial charge in [-0.25, -0.2) is 30.4 Å². The number of piperidine rings is 2. The maximum absolute atomic E-state index is 14.3. The summed E-state index contributed by atoms with van der Waals surface area (Å²) >= 11 is 0. The van der Waals surface area contributed by atoms with Crippen molar-refractivity contribution >= 4 is 47.7 Å². The summed E-state index contributed by atoms with van der Waals surface area (Å²) in [4.78, 5) is 19.4. The Kier molecular flexibility index (Phi) is 10.8. The summed E-state index contributed by atoms with van der Waals surface area (Å²) in [6.45, 7) is 6.36. The zero-order valence-electron chi connectivity index (χ0n) is 27.5. The number of sulfonamides is 2. The summed E-state index contributed by atoms with van der Waals surface area (Å²) in [5.41, 5.74) is 5.21.